The van der Waals surface area contributed by atoms with Crippen molar-refractivity contribution >= 4 is 18.0 Å². The van der Waals surface area contributed by atoms with Crippen molar-refractivity contribution in [1.82, 2.24) is 10.6 Å². The monoisotopic (exact) mass is 478 g/mol. The first-order valence-corrected chi connectivity index (χ1v) is 12.5. The number of carbonyl (C=O) groups excluding carboxylic acids is 2. The lowest BCUT2D eigenvalue weighted by Gasteiger charge is -2.34. The van der Waals surface area contributed by atoms with Crippen LogP contribution in [0.2, 0.25) is 0 Å². The Morgan fingerprint density at radius 1 is 1.00 bits per heavy atom. The first kappa shape index (κ1) is 24.8. The SMILES string of the molecule is CC[C@H](C)[C@H](NC(=O)CC(NC(=O)OCC1c2ccccc2-c2ccccc21)C1CCC1)C(=O)O. The lowest BCUT2D eigenvalue weighted by atomic mass is 9.78. The van der Waals surface area contributed by atoms with Gasteiger partial charge in [0.2, 0.25) is 5.91 Å². The van der Waals surface area contributed by atoms with Gasteiger partial charge in [-0.3, -0.25) is 4.79 Å². The molecule has 7 heteroatoms. The molecule has 0 aromatic heterocycles. The third-order valence-corrected chi connectivity index (χ3v) is 7.57. The molecule has 186 valence electrons. The molecule has 0 bridgehead atoms. The number of carboxylic acid groups (broad SMARTS) is 1. The van der Waals surface area contributed by atoms with Crippen molar-refractivity contribution in [1.29, 1.82) is 0 Å². The second-order valence-electron chi connectivity index (χ2n) is 9.74. The van der Waals surface area contributed by atoms with E-state index in [1.165, 1.54) is 0 Å². The molecule has 0 heterocycles. The van der Waals surface area contributed by atoms with E-state index < -0.39 is 18.1 Å². The van der Waals surface area contributed by atoms with E-state index in [1.54, 1.807) is 6.92 Å². The van der Waals surface area contributed by atoms with Gasteiger partial charge < -0.3 is 20.5 Å². The maximum absolute atomic E-state index is 12.8. The predicted octanol–water partition coefficient (Wildman–Crippen LogP) is 4.70. The number of nitrogens with one attached hydrogen (secondary N) is 2. The molecule has 2 aliphatic rings. The number of carboxylic acids is 1. The summed E-state index contributed by atoms with van der Waals surface area (Å²) in [7, 11) is 0. The van der Waals surface area contributed by atoms with Gasteiger partial charge >= 0.3 is 12.1 Å². The number of rotatable bonds is 10. The summed E-state index contributed by atoms with van der Waals surface area (Å²) in [6, 6.07) is 15.0. The van der Waals surface area contributed by atoms with Crippen molar-refractivity contribution in [3.63, 3.8) is 0 Å². The van der Waals surface area contributed by atoms with Crippen molar-refractivity contribution in [3.8, 4) is 11.1 Å². The molecule has 2 amide bonds. The van der Waals surface area contributed by atoms with Gasteiger partial charge in [0.15, 0.2) is 0 Å². The predicted molar refractivity (Wildman–Crippen MR) is 133 cm³/mol. The van der Waals surface area contributed by atoms with Crippen LogP contribution in [0.5, 0.6) is 0 Å². The third kappa shape index (κ3) is 5.50. The molecule has 2 aromatic carbocycles. The number of amides is 2. The molecule has 0 saturated heterocycles. The van der Waals surface area contributed by atoms with Crippen LogP contribution in [0.15, 0.2) is 48.5 Å². The second-order valence-corrected chi connectivity index (χ2v) is 9.74. The summed E-state index contributed by atoms with van der Waals surface area (Å²) in [4.78, 5) is 37.1. The van der Waals surface area contributed by atoms with Crippen molar-refractivity contribution in [2.24, 2.45) is 11.8 Å². The van der Waals surface area contributed by atoms with E-state index in [1.807, 2.05) is 31.2 Å². The van der Waals surface area contributed by atoms with Crippen LogP contribution < -0.4 is 10.6 Å². The first-order valence-electron chi connectivity index (χ1n) is 12.5. The minimum Gasteiger partial charge on any atom is -0.480 e. The number of ether oxygens (including phenoxy) is 1. The largest absolute Gasteiger partial charge is 0.480 e. The van der Waals surface area contributed by atoms with Crippen LogP contribution in [0.25, 0.3) is 11.1 Å². The Balaban J connectivity index is 1.37. The Kier molecular flexibility index (Phi) is 7.73. The Bertz CT molecular complexity index is 1040. The van der Waals surface area contributed by atoms with Gasteiger partial charge in [-0.25, -0.2) is 9.59 Å². The Hall–Kier alpha value is -3.35. The van der Waals surface area contributed by atoms with Crippen LogP contribution in [0.4, 0.5) is 4.79 Å². The van der Waals surface area contributed by atoms with E-state index in [0.717, 1.165) is 41.5 Å². The zero-order valence-electron chi connectivity index (χ0n) is 20.3. The lowest BCUT2D eigenvalue weighted by molar-refractivity contribution is -0.143. The fraction of sp³-hybridized carbons (Fsp3) is 0.464. The maximum Gasteiger partial charge on any atom is 0.407 e. The van der Waals surface area contributed by atoms with E-state index in [-0.39, 0.29) is 42.7 Å². The third-order valence-electron chi connectivity index (χ3n) is 7.57. The molecule has 2 aromatic rings. The Labute approximate surface area is 206 Å². The highest BCUT2D eigenvalue weighted by Gasteiger charge is 2.34. The normalized spacial score (nSPS) is 17.3. The zero-order valence-corrected chi connectivity index (χ0v) is 20.3. The number of fused-ring (bicyclic) bond motifs is 3. The molecule has 3 atom stereocenters. The van der Waals surface area contributed by atoms with Gasteiger partial charge in [0.25, 0.3) is 0 Å². The molecule has 4 rings (SSSR count). The number of alkyl carbamates (subject to hydrolysis) is 1. The van der Waals surface area contributed by atoms with Crippen LogP contribution in [-0.4, -0.2) is 41.8 Å². The standard InChI is InChI=1S/C28H34N2O5/c1-3-17(2)26(27(32)33)30-25(31)15-24(18-9-8-10-18)29-28(34)35-16-23-21-13-6-4-11-19(21)20-12-5-7-14-22(20)23/h4-7,11-14,17-18,23-24,26H,3,8-10,15-16H2,1-2H3,(H,29,34)(H,30,31)(H,32,33)/t17-,24?,26-/m0/s1. The topological polar surface area (TPSA) is 105 Å². The van der Waals surface area contributed by atoms with Crippen molar-refractivity contribution in [3.05, 3.63) is 59.7 Å². The molecule has 1 fully saturated rings. The quantitative estimate of drug-likeness (QED) is 0.459. The van der Waals surface area contributed by atoms with Crippen LogP contribution in [0.3, 0.4) is 0 Å². The average Bonchev–Trinajstić information content (AvgIpc) is 3.13. The van der Waals surface area contributed by atoms with E-state index in [4.69, 9.17) is 4.74 Å². The summed E-state index contributed by atoms with van der Waals surface area (Å²) in [5.41, 5.74) is 4.60. The molecule has 0 aliphatic heterocycles. The molecule has 7 nitrogen and oxygen atoms in total. The fourth-order valence-electron chi connectivity index (χ4n) is 5.08. The smallest absolute Gasteiger partial charge is 0.407 e. The van der Waals surface area contributed by atoms with Crippen LogP contribution >= 0.6 is 0 Å². The maximum atomic E-state index is 12.8. The molecule has 0 spiro atoms. The van der Waals surface area contributed by atoms with Crippen LogP contribution in [0.1, 0.15) is 63.0 Å². The highest BCUT2D eigenvalue weighted by molar-refractivity contribution is 5.84. The summed E-state index contributed by atoms with van der Waals surface area (Å²) in [5, 5.41) is 15.0. The number of benzene rings is 2. The highest BCUT2D eigenvalue weighted by Crippen LogP contribution is 2.44. The minimum atomic E-state index is -1.04. The van der Waals surface area contributed by atoms with Crippen molar-refractivity contribution < 1.29 is 24.2 Å². The number of hydrogen-bond acceptors (Lipinski definition) is 4. The van der Waals surface area contributed by atoms with E-state index >= 15 is 0 Å². The van der Waals surface area contributed by atoms with Crippen LogP contribution in [0, 0.1) is 11.8 Å². The van der Waals surface area contributed by atoms with Gasteiger partial charge in [-0.1, -0.05) is 75.2 Å². The van der Waals surface area contributed by atoms with Gasteiger partial charge in [0.1, 0.15) is 12.6 Å². The average molecular weight is 479 g/mol. The number of carbonyl (C=O) groups is 3. The molecule has 3 N–H and O–H groups in total. The Morgan fingerprint density at radius 2 is 1.60 bits per heavy atom. The van der Waals surface area contributed by atoms with Crippen LogP contribution in [-0.2, 0) is 14.3 Å². The second kappa shape index (κ2) is 10.9. The molecular weight excluding hydrogens is 444 g/mol. The number of aliphatic carboxylic acids is 1. The summed E-state index contributed by atoms with van der Waals surface area (Å²) in [6.07, 6.45) is 3.04. The fourth-order valence-corrected chi connectivity index (χ4v) is 5.08. The summed E-state index contributed by atoms with van der Waals surface area (Å²) < 4.78 is 5.67. The Morgan fingerprint density at radius 3 is 2.11 bits per heavy atom. The molecule has 1 saturated carbocycles. The van der Waals surface area contributed by atoms with Crippen molar-refractivity contribution in [2.75, 3.05) is 6.61 Å². The lowest BCUT2D eigenvalue weighted by Crippen LogP contribution is -2.50. The van der Waals surface area contributed by atoms with Gasteiger partial charge in [-0.15, -0.1) is 0 Å². The van der Waals surface area contributed by atoms with E-state index in [0.29, 0.717) is 6.42 Å². The molecule has 35 heavy (non-hydrogen) atoms. The summed E-state index contributed by atoms with van der Waals surface area (Å²) >= 11 is 0. The number of hydrogen-bond donors (Lipinski definition) is 3. The molecular formula is C28H34N2O5. The van der Waals surface area contributed by atoms with E-state index in [2.05, 4.69) is 34.9 Å². The van der Waals surface area contributed by atoms with Crippen molar-refractivity contribution in [2.45, 2.75) is 64.0 Å². The highest BCUT2D eigenvalue weighted by atomic mass is 16.5. The van der Waals surface area contributed by atoms with E-state index in [9.17, 15) is 19.5 Å². The molecule has 1 unspecified atom stereocenters. The molecule has 0 radical (unpaired) electrons. The van der Waals surface area contributed by atoms with Gasteiger partial charge in [-0.05, 0) is 46.9 Å². The van der Waals surface area contributed by atoms with Gasteiger partial charge in [0, 0.05) is 18.4 Å². The first-order chi connectivity index (χ1) is 16.9. The minimum absolute atomic E-state index is 0.0366. The summed E-state index contributed by atoms with van der Waals surface area (Å²) in [6.45, 7) is 3.90. The van der Waals surface area contributed by atoms with Gasteiger partial charge in [-0.2, -0.15) is 0 Å². The van der Waals surface area contributed by atoms with Gasteiger partial charge in [0.05, 0.1) is 0 Å². The zero-order chi connectivity index (χ0) is 24.9. The summed E-state index contributed by atoms with van der Waals surface area (Å²) in [5.74, 6) is -1.45. The molecule has 2 aliphatic carbocycles.